The number of ether oxygens (including phenoxy) is 3. The molecule has 206 valence electrons. The Balaban J connectivity index is 1.31. The molecule has 0 unspecified atom stereocenters. The second kappa shape index (κ2) is 13.3. The highest BCUT2D eigenvalue weighted by atomic mass is 19.2. The van der Waals surface area contributed by atoms with E-state index in [4.69, 9.17) is 14.2 Å². The molecule has 2 aliphatic rings. The maximum absolute atomic E-state index is 15.2. The van der Waals surface area contributed by atoms with E-state index in [0.29, 0.717) is 56.4 Å². The molecule has 4 rings (SSSR count). The Morgan fingerprint density at radius 2 is 1.47 bits per heavy atom. The van der Waals surface area contributed by atoms with Crippen molar-refractivity contribution in [3.05, 3.63) is 77.1 Å². The molecule has 0 bridgehead atoms. The first-order valence-corrected chi connectivity index (χ1v) is 13.7. The number of esters is 1. The fourth-order valence-corrected chi connectivity index (χ4v) is 5.69. The number of carbonyl (C=O) groups excluding carboxylic acids is 1. The quantitative estimate of drug-likeness (QED) is 0.177. The lowest BCUT2D eigenvalue weighted by Crippen LogP contribution is -2.25. The Bertz CT molecular complexity index is 1100. The zero-order chi connectivity index (χ0) is 27.1. The lowest BCUT2D eigenvalue weighted by Gasteiger charge is -2.31. The van der Waals surface area contributed by atoms with Crippen molar-refractivity contribution >= 4 is 5.97 Å². The van der Waals surface area contributed by atoms with Crippen LogP contribution in [0.5, 0.6) is 5.75 Å². The Labute approximate surface area is 223 Å². The first kappa shape index (κ1) is 28.2. The predicted octanol–water partition coefficient (Wildman–Crippen LogP) is 8.00. The summed E-state index contributed by atoms with van der Waals surface area (Å²) in [5, 5.41) is 0. The van der Waals surface area contributed by atoms with Gasteiger partial charge in [-0.3, -0.25) is 0 Å². The summed E-state index contributed by atoms with van der Waals surface area (Å²) in [5.74, 6) is -2.76. The molecule has 0 radical (unpaired) electrons. The summed E-state index contributed by atoms with van der Waals surface area (Å²) in [7, 11) is 0. The zero-order valence-corrected chi connectivity index (χ0v) is 22.0. The van der Waals surface area contributed by atoms with Crippen molar-refractivity contribution in [3.8, 4) is 5.75 Å². The van der Waals surface area contributed by atoms with Crippen LogP contribution < -0.4 is 4.74 Å². The van der Waals surface area contributed by atoms with E-state index in [0.717, 1.165) is 31.7 Å². The van der Waals surface area contributed by atoms with Gasteiger partial charge in [0, 0.05) is 6.61 Å². The molecule has 4 nitrogen and oxygen atoms in total. The molecule has 2 aromatic carbocycles. The molecule has 2 fully saturated rings. The highest BCUT2D eigenvalue weighted by Gasteiger charge is 2.31. The van der Waals surface area contributed by atoms with Crippen molar-refractivity contribution in [2.45, 2.75) is 88.8 Å². The van der Waals surface area contributed by atoms with Crippen LogP contribution in [0, 0.1) is 17.5 Å². The van der Waals surface area contributed by atoms with E-state index < -0.39 is 23.4 Å². The van der Waals surface area contributed by atoms with E-state index in [-0.39, 0.29) is 35.4 Å². The van der Waals surface area contributed by atoms with Gasteiger partial charge in [-0.2, -0.15) is 0 Å². The molecule has 0 atom stereocenters. The minimum atomic E-state index is -0.749. The van der Waals surface area contributed by atoms with Gasteiger partial charge in [-0.05, 0) is 106 Å². The van der Waals surface area contributed by atoms with Crippen LogP contribution in [-0.2, 0) is 9.47 Å². The molecule has 0 spiro atoms. The number of rotatable bonds is 10. The van der Waals surface area contributed by atoms with Crippen molar-refractivity contribution < 1.29 is 32.2 Å². The molecular weight excluding hydrogens is 493 g/mol. The van der Waals surface area contributed by atoms with Crippen LogP contribution in [0.1, 0.15) is 98.0 Å². The zero-order valence-electron chi connectivity index (χ0n) is 22.0. The normalized spacial score (nSPS) is 23.6. The minimum absolute atomic E-state index is 0.0167. The fourth-order valence-electron chi connectivity index (χ4n) is 5.69. The number of halogens is 3. The monoisotopic (exact) mass is 530 g/mol. The highest BCUT2D eigenvalue weighted by molar-refractivity contribution is 5.89. The smallest absolute Gasteiger partial charge is 0.338 e. The van der Waals surface area contributed by atoms with E-state index >= 15 is 8.78 Å². The summed E-state index contributed by atoms with van der Waals surface area (Å²) >= 11 is 0. The van der Waals surface area contributed by atoms with E-state index in [1.54, 1.807) is 18.2 Å². The maximum atomic E-state index is 15.2. The first-order valence-electron chi connectivity index (χ1n) is 13.7. The van der Waals surface area contributed by atoms with Gasteiger partial charge in [0.2, 0.25) is 0 Å². The third-order valence-electron chi connectivity index (χ3n) is 7.79. The van der Waals surface area contributed by atoms with Gasteiger partial charge in [0.15, 0.2) is 23.2 Å². The van der Waals surface area contributed by atoms with Crippen molar-refractivity contribution in [2.24, 2.45) is 0 Å². The molecule has 2 aliphatic carbocycles. The van der Waals surface area contributed by atoms with E-state index in [9.17, 15) is 9.18 Å². The Morgan fingerprint density at radius 1 is 0.895 bits per heavy atom. The van der Waals surface area contributed by atoms with Gasteiger partial charge in [-0.1, -0.05) is 18.2 Å². The summed E-state index contributed by atoms with van der Waals surface area (Å²) in [6.07, 6.45) is 7.68. The van der Waals surface area contributed by atoms with E-state index in [1.807, 2.05) is 6.92 Å². The molecule has 38 heavy (non-hydrogen) atoms. The molecular formula is C31H37F3O4. The lowest BCUT2D eigenvalue weighted by atomic mass is 9.79. The van der Waals surface area contributed by atoms with Gasteiger partial charge in [0.05, 0.1) is 18.3 Å². The average molecular weight is 531 g/mol. The topological polar surface area (TPSA) is 44.8 Å². The van der Waals surface area contributed by atoms with Crippen LogP contribution in [0.25, 0.3) is 0 Å². The van der Waals surface area contributed by atoms with E-state index in [1.165, 1.54) is 12.1 Å². The molecule has 2 saturated carbocycles. The van der Waals surface area contributed by atoms with Crippen LogP contribution >= 0.6 is 0 Å². The lowest BCUT2D eigenvalue weighted by molar-refractivity contribution is 0.0193. The van der Waals surface area contributed by atoms with Gasteiger partial charge < -0.3 is 14.2 Å². The summed E-state index contributed by atoms with van der Waals surface area (Å²) in [5.41, 5.74) is 0.973. The average Bonchev–Trinajstić information content (AvgIpc) is 2.92. The van der Waals surface area contributed by atoms with Gasteiger partial charge in [-0.15, -0.1) is 6.58 Å². The summed E-state index contributed by atoms with van der Waals surface area (Å²) in [6, 6.07) is 7.49. The molecule has 7 heteroatoms. The highest BCUT2D eigenvalue weighted by Crippen LogP contribution is 2.40. The second-order valence-corrected chi connectivity index (χ2v) is 10.3. The molecule has 0 heterocycles. The van der Waals surface area contributed by atoms with Crippen LogP contribution in [-0.4, -0.2) is 31.4 Å². The standard InChI is InChI=1S/C31H37F3O4/c1-3-5-18-37-28-17-10-22(19-27(28)32)31(35)38-24-13-8-21(9-14-24)26-16-15-25(29(33)30(26)34)20-6-11-23(12-7-20)36-4-2/h3,10,15-17,19-21,23-24H,1,4-9,11-14,18H2,2H3. The first-order chi connectivity index (χ1) is 18.4. The maximum Gasteiger partial charge on any atom is 0.338 e. The minimum Gasteiger partial charge on any atom is -0.490 e. The van der Waals surface area contributed by atoms with Gasteiger partial charge in [0.25, 0.3) is 0 Å². The third-order valence-corrected chi connectivity index (χ3v) is 7.79. The molecule has 0 amide bonds. The second-order valence-electron chi connectivity index (χ2n) is 10.3. The van der Waals surface area contributed by atoms with Crippen molar-refractivity contribution in [3.63, 3.8) is 0 Å². The van der Waals surface area contributed by atoms with Crippen molar-refractivity contribution in [1.29, 1.82) is 0 Å². The number of hydrogen-bond donors (Lipinski definition) is 0. The Hall–Kier alpha value is -2.80. The fraction of sp³-hybridized carbons (Fsp3) is 0.516. The van der Waals surface area contributed by atoms with Crippen LogP contribution in [0.2, 0.25) is 0 Å². The third kappa shape index (κ3) is 6.79. The van der Waals surface area contributed by atoms with Gasteiger partial charge in [0.1, 0.15) is 6.10 Å². The SMILES string of the molecule is C=CCCOc1ccc(C(=O)OC2CCC(c3ccc(C4CCC(OCC)CC4)c(F)c3F)CC2)cc1F. The number of hydrogen-bond acceptors (Lipinski definition) is 4. The van der Waals surface area contributed by atoms with Crippen molar-refractivity contribution in [1.82, 2.24) is 0 Å². The largest absolute Gasteiger partial charge is 0.490 e. The Kier molecular flexibility index (Phi) is 9.89. The number of benzene rings is 2. The molecule has 0 saturated heterocycles. The molecule has 2 aromatic rings. The van der Waals surface area contributed by atoms with Gasteiger partial charge >= 0.3 is 5.97 Å². The van der Waals surface area contributed by atoms with Crippen LogP contribution in [0.15, 0.2) is 43.0 Å². The van der Waals surface area contributed by atoms with E-state index in [2.05, 4.69) is 6.58 Å². The summed E-state index contributed by atoms with van der Waals surface area (Å²) < 4.78 is 61.2. The summed E-state index contributed by atoms with van der Waals surface area (Å²) in [6.45, 7) is 6.54. The molecule has 0 aliphatic heterocycles. The van der Waals surface area contributed by atoms with Gasteiger partial charge in [-0.25, -0.2) is 18.0 Å². The van der Waals surface area contributed by atoms with Crippen LogP contribution in [0.3, 0.4) is 0 Å². The summed E-state index contributed by atoms with van der Waals surface area (Å²) in [4.78, 5) is 12.6. The Morgan fingerprint density at radius 3 is 2.00 bits per heavy atom. The molecule has 0 N–H and O–H groups in total. The molecule has 0 aromatic heterocycles. The van der Waals surface area contributed by atoms with Crippen LogP contribution in [0.4, 0.5) is 13.2 Å². The predicted molar refractivity (Wildman–Crippen MR) is 140 cm³/mol. The number of carbonyl (C=O) groups is 1. The van der Waals surface area contributed by atoms with Crippen molar-refractivity contribution in [2.75, 3.05) is 13.2 Å².